The zero-order chi connectivity index (χ0) is 14.3. The molecule has 1 fully saturated rings. The quantitative estimate of drug-likeness (QED) is 0.838. The van der Waals surface area contributed by atoms with Crippen LogP contribution >= 0.6 is 0 Å². The second kappa shape index (κ2) is 4.81. The molecule has 0 aromatic heterocycles. The Bertz CT molecular complexity index is 521. The van der Waals surface area contributed by atoms with Crippen LogP contribution in [0.25, 0.3) is 5.57 Å². The van der Waals surface area contributed by atoms with Crippen molar-refractivity contribution in [1.29, 1.82) is 0 Å². The van der Waals surface area contributed by atoms with Gasteiger partial charge in [0.1, 0.15) is 5.75 Å². The average molecular weight is 283 g/mol. The van der Waals surface area contributed by atoms with Crippen LogP contribution in [0, 0.1) is 5.92 Å². The summed E-state index contributed by atoms with van der Waals surface area (Å²) in [6.45, 7) is 4.24. The Labute approximate surface area is 115 Å². The minimum Gasteiger partial charge on any atom is -0.406 e. The first kappa shape index (κ1) is 13.5. The smallest absolute Gasteiger partial charge is 0.406 e. The van der Waals surface area contributed by atoms with Crippen molar-refractivity contribution in [2.45, 2.75) is 25.7 Å². The van der Waals surface area contributed by atoms with E-state index in [0.717, 1.165) is 25.1 Å². The van der Waals surface area contributed by atoms with Gasteiger partial charge >= 0.3 is 6.36 Å². The van der Waals surface area contributed by atoms with Gasteiger partial charge in [-0.25, -0.2) is 0 Å². The molecule has 0 saturated carbocycles. The van der Waals surface area contributed by atoms with Crippen LogP contribution in [-0.2, 0) is 0 Å². The number of ether oxygens (including phenoxy) is 1. The first-order valence-electron chi connectivity index (χ1n) is 6.78. The fraction of sp³-hybridized carbons (Fsp3) is 0.467. The van der Waals surface area contributed by atoms with Gasteiger partial charge in [-0.2, -0.15) is 0 Å². The number of alkyl halides is 3. The molecule has 1 aromatic rings. The van der Waals surface area contributed by atoms with Gasteiger partial charge < -0.3 is 4.74 Å². The summed E-state index contributed by atoms with van der Waals surface area (Å²) in [4.78, 5) is 2.42. The topological polar surface area (TPSA) is 12.5 Å². The van der Waals surface area contributed by atoms with Crippen LogP contribution in [0.1, 0.15) is 18.9 Å². The highest BCUT2D eigenvalue weighted by atomic mass is 19.4. The fourth-order valence-electron chi connectivity index (χ4n) is 3.24. The van der Waals surface area contributed by atoms with Gasteiger partial charge in [0.05, 0.1) is 0 Å². The normalized spacial score (nSPS) is 25.9. The van der Waals surface area contributed by atoms with Crippen LogP contribution in [0.2, 0.25) is 0 Å². The van der Waals surface area contributed by atoms with Crippen molar-refractivity contribution in [3.63, 3.8) is 0 Å². The van der Waals surface area contributed by atoms with Crippen molar-refractivity contribution in [3.05, 3.63) is 35.9 Å². The van der Waals surface area contributed by atoms with E-state index in [1.165, 1.54) is 17.7 Å². The largest absolute Gasteiger partial charge is 0.573 e. The summed E-state index contributed by atoms with van der Waals surface area (Å²) in [5, 5.41) is 0. The van der Waals surface area contributed by atoms with E-state index < -0.39 is 6.36 Å². The number of likely N-dealkylation sites (N-methyl/N-ethyl adjacent to an activating group) is 1. The van der Waals surface area contributed by atoms with Crippen molar-refractivity contribution in [2.75, 3.05) is 13.1 Å². The number of hydrogen-bond acceptors (Lipinski definition) is 2. The van der Waals surface area contributed by atoms with Crippen LogP contribution in [0.5, 0.6) is 5.75 Å². The van der Waals surface area contributed by atoms with E-state index in [9.17, 15) is 13.2 Å². The maximum Gasteiger partial charge on any atom is 0.573 e. The summed E-state index contributed by atoms with van der Waals surface area (Å²) in [6, 6.07) is 6.60. The van der Waals surface area contributed by atoms with Gasteiger partial charge in [0, 0.05) is 12.6 Å². The van der Waals surface area contributed by atoms with Crippen molar-refractivity contribution in [1.82, 2.24) is 4.90 Å². The molecule has 20 heavy (non-hydrogen) atoms. The molecular formula is C15H16F3NO. The summed E-state index contributed by atoms with van der Waals surface area (Å²) < 4.78 is 40.3. The highest BCUT2D eigenvalue weighted by Crippen LogP contribution is 2.41. The second-order valence-corrected chi connectivity index (χ2v) is 5.29. The molecule has 1 aliphatic carbocycles. The maximum atomic E-state index is 12.1. The molecule has 0 spiro atoms. The minimum atomic E-state index is -4.63. The summed E-state index contributed by atoms with van der Waals surface area (Å²) in [6.07, 6.45) is -1.24. The molecular weight excluding hydrogens is 267 g/mol. The molecule has 108 valence electrons. The number of fused-ring (bicyclic) bond motifs is 2. The summed E-state index contributed by atoms with van der Waals surface area (Å²) >= 11 is 0. The van der Waals surface area contributed by atoms with Gasteiger partial charge in [0.25, 0.3) is 0 Å². The van der Waals surface area contributed by atoms with Gasteiger partial charge in [-0.1, -0.05) is 25.1 Å². The van der Waals surface area contributed by atoms with Gasteiger partial charge in [-0.3, -0.25) is 4.90 Å². The van der Waals surface area contributed by atoms with Crippen molar-refractivity contribution in [2.24, 2.45) is 5.92 Å². The van der Waals surface area contributed by atoms with Crippen LogP contribution in [0.3, 0.4) is 0 Å². The molecule has 0 N–H and O–H groups in total. The lowest BCUT2D eigenvalue weighted by Crippen LogP contribution is -2.31. The monoisotopic (exact) mass is 283 g/mol. The molecule has 3 rings (SSSR count). The summed E-state index contributed by atoms with van der Waals surface area (Å²) in [5.41, 5.74) is 2.23. The maximum absolute atomic E-state index is 12.1. The van der Waals surface area contributed by atoms with Crippen molar-refractivity contribution >= 4 is 5.57 Å². The highest BCUT2D eigenvalue weighted by molar-refractivity contribution is 5.73. The number of rotatable bonds is 3. The van der Waals surface area contributed by atoms with E-state index in [1.54, 1.807) is 12.1 Å². The second-order valence-electron chi connectivity index (χ2n) is 5.29. The van der Waals surface area contributed by atoms with Gasteiger partial charge in [0.2, 0.25) is 0 Å². The Hall–Kier alpha value is -1.49. The summed E-state index contributed by atoms with van der Waals surface area (Å²) in [5.74, 6) is 0.415. The van der Waals surface area contributed by atoms with Gasteiger partial charge in [0.15, 0.2) is 0 Å². The van der Waals surface area contributed by atoms with E-state index in [0.29, 0.717) is 12.0 Å². The van der Waals surface area contributed by atoms with E-state index in [-0.39, 0.29) is 5.75 Å². The number of benzene rings is 1. The first-order chi connectivity index (χ1) is 9.46. The van der Waals surface area contributed by atoms with Gasteiger partial charge in [-0.05, 0) is 42.2 Å². The van der Waals surface area contributed by atoms with Crippen molar-refractivity contribution < 1.29 is 17.9 Å². The molecule has 0 amide bonds. The van der Waals surface area contributed by atoms with Crippen molar-refractivity contribution in [3.8, 4) is 5.75 Å². The molecule has 1 aliphatic heterocycles. The molecule has 1 heterocycles. The predicted molar refractivity (Wildman–Crippen MR) is 70.2 cm³/mol. The lowest BCUT2D eigenvalue weighted by Gasteiger charge is -2.27. The Morgan fingerprint density at radius 2 is 1.95 bits per heavy atom. The number of halogens is 3. The lowest BCUT2D eigenvalue weighted by molar-refractivity contribution is -0.274. The van der Waals surface area contributed by atoms with E-state index in [4.69, 9.17) is 0 Å². The SMILES string of the molecule is CCN1CC2C=C(c3ccc(OC(F)(F)F)cc3)C1C2. The van der Waals surface area contributed by atoms with E-state index in [2.05, 4.69) is 22.6 Å². The molecule has 2 atom stereocenters. The lowest BCUT2D eigenvalue weighted by atomic mass is 10.00. The third kappa shape index (κ3) is 2.54. The zero-order valence-electron chi connectivity index (χ0n) is 11.2. The van der Waals surface area contributed by atoms with Gasteiger partial charge in [-0.15, -0.1) is 13.2 Å². The Balaban J connectivity index is 1.78. The van der Waals surface area contributed by atoms with Crippen LogP contribution < -0.4 is 4.74 Å². The van der Waals surface area contributed by atoms with Crippen LogP contribution in [0.4, 0.5) is 13.2 Å². The Morgan fingerprint density at radius 1 is 1.25 bits per heavy atom. The summed E-state index contributed by atoms with van der Waals surface area (Å²) in [7, 11) is 0. The van der Waals surface area contributed by atoms with Crippen LogP contribution in [0.15, 0.2) is 30.3 Å². The van der Waals surface area contributed by atoms with E-state index >= 15 is 0 Å². The zero-order valence-corrected chi connectivity index (χ0v) is 11.2. The number of likely N-dealkylation sites (tertiary alicyclic amines) is 1. The van der Waals surface area contributed by atoms with Crippen LogP contribution in [-0.4, -0.2) is 30.4 Å². The fourth-order valence-corrected chi connectivity index (χ4v) is 3.24. The minimum absolute atomic E-state index is 0.169. The third-order valence-corrected chi connectivity index (χ3v) is 4.04. The Morgan fingerprint density at radius 3 is 2.50 bits per heavy atom. The molecule has 2 bridgehead atoms. The van der Waals surface area contributed by atoms with E-state index in [1.807, 2.05) is 0 Å². The highest BCUT2D eigenvalue weighted by Gasteiger charge is 2.38. The molecule has 2 nitrogen and oxygen atoms in total. The standard InChI is InChI=1S/C15H16F3NO/c1-2-19-9-10-7-13(14(19)8-10)11-3-5-12(6-4-11)20-15(16,17)18/h3-7,10,14H,2,8-9H2,1H3. The predicted octanol–water partition coefficient (Wildman–Crippen LogP) is 3.69. The third-order valence-electron chi connectivity index (χ3n) is 4.04. The molecule has 1 saturated heterocycles. The molecule has 0 radical (unpaired) electrons. The number of nitrogens with zero attached hydrogens (tertiary/aromatic N) is 1. The molecule has 2 aliphatic rings. The Kier molecular flexibility index (Phi) is 3.24. The average Bonchev–Trinajstić information content (AvgIpc) is 2.97. The molecule has 5 heteroatoms. The number of hydrogen-bond donors (Lipinski definition) is 0. The first-order valence-corrected chi connectivity index (χ1v) is 6.78. The molecule has 2 unspecified atom stereocenters. The molecule has 1 aromatic carbocycles.